The standard InChI is InChI=1S/C29H23N3O4/c1-35-28(34)21-15-13-19(14-16-21)17-22(18-36-26-12-6-8-20-7-2-3-9-23(20)26)27(33)32-29-30-24-10-4-5-11-25(24)31-29/h2-17H,18H2,1H3,(H2,30,31,32,33). The molecule has 0 fully saturated rings. The van der Waals surface area contributed by atoms with E-state index in [0.29, 0.717) is 22.8 Å². The molecule has 1 amide bonds. The van der Waals surface area contributed by atoms with E-state index in [1.807, 2.05) is 66.7 Å². The topological polar surface area (TPSA) is 93.3 Å². The van der Waals surface area contributed by atoms with E-state index in [2.05, 4.69) is 15.3 Å². The molecule has 2 N–H and O–H groups in total. The Balaban J connectivity index is 1.43. The van der Waals surface area contributed by atoms with Crippen molar-refractivity contribution in [3.63, 3.8) is 0 Å². The fraction of sp³-hybridized carbons (Fsp3) is 0.0690. The van der Waals surface area contributed by atoms with Gasteiger partial charge in [-0.2, -0.15) is 0 Å². The lowest BCUT2D eigenvalue weighted by atomic mass is 10.1. The van der Waals surface area contributed by atoms with Crippen LogP contribution in [0.15, 0.2) is 96.6 Å². The molecule has 0 saturated heterocycles. The molecule has 0 aliphatic carbocycles. The highest BCUT2D eigenvalue weighted by Crippen LogP contribution is 2.26. The van der Waals surface area contributed by atoms with Crippen molar-refractivity contribution < 1.29 is 19.1 Å². The number of carbonyl (C=O) groups excluding carboxylic acids is 2. The van der Waals surface area contributed by atoms with Gasteiger partial charge in [0.05, 0.1) is 29.3 Å². The van der Waals surface area contributed by atoms with Gasteiger partial charge in [-0.05, 0) is 47.4 Å². The second-order valence-corrected chi connectivity index (χ2v) is 8.11. The molecule has 0 aliphatic rings. The molecule has 1 aromatic heterocycles. The van der Waals surface area contributed by atoms with Crippen LogP contribution in [0.25, 0.3) is 27.9 Å². The number of nitrogens with one attached hydrogen (secondary N) is 2. The van der Waals surface area contributed by atoms with Gasteiger partial charge in [0.1, 0.15) is 12.4 Å². The Hall–Kier alpha value is -4.91. The minimum atomic E-state index is -0.423. The zero-order valence-electron chi connectivity index (χ0n) is 19.5. The Kier molecular flexibility index (Phi) is 6.44. The molecular formula is C29H23N3O4. The summed E-state index contributed by atoms with van der Waals surface area (Å²) in [5.41, 5.74) is 3.12. The van der Waals surface area contributed by atoms with Crippen molar-refractivity contribution in [3.05, 3.63) is 108 Å². The molecule has 5 aromatic rings. The lowest BCUT2D eigenvalue weighted by Crippen LogP contribution is -2.20. The highest BCUT2D eigenvalue weighted by molar-refractivity contribution is 6.06. The number of hydrogen-bond donors (Lipinski definition) is 2. The quantitative estimate of drug-likeness (QED) is 0.235. The normalized spacial score (nSPS) is 11.4. The molecule has 4 aromatic carbocycles. The van der Waals surface area contributed by atoms with Crippen molar-refractivity contribution in [1.82, 2.24) is 9.97 Å². The first-order chi connectivity index (χ1) is 17.6. The van der Waals surface area contributed by atoms with Gasteiger partial charge in [0, 0.05) is 5.39 Å². The molecule has 0 saturated carbocycles. The average Bonchev–Trinajstić information content (AvgIpc) is 3.33. The zero-order chi connectivity index (χ0) is 24.9. The van der Waals surface area contributed by atoms with Gasteiger partial charge in [0.2, 0.25) is 5.95 Å². The fourth-order valence-electron chi connectivity index (χ4n) is 3.88. The Morgan fingerprint density at radius 3 is 2.47 bits per heavy atom. The number of para-hydroxylation sites is 2. The lowest BCUT2D eigenvalue weighted by Gasteiger charge is -2.12. The molecule has 0 aliphatic heterocycles. The van der Waals surface area contributed by atoms with Crippen LogP contribution in [0.5, 0.6) is 5.75 Å². The van der Waals surface area contributed by atoms with E-state index in [1.54, 1.807) is 30.3 Å². The van der Waals surface area contributed by atoms with Crippen molar-refractivity contribution in [3.8, 4) is 5.75 Å². The molecule has 0 atom stereocenters. The third kappa shape index (κ3) is 4.95. The second-order valence-electron chi connectivity index (χ2n) is 8.11. The first-order valence-electron chi connectivity index (χ1n) is 11.4. The number of H-pyrrole nitrogens is 1. The Labute approximate surface area is 207 Å². The highest BCUT2D eigenvalue weighted by atomic mass is 16.5. The number of aromatic nitrogens is 2. The van der Waals surface area contributed by atoms with Crippen LogP contribution in [-0.4, -0.2) is 35.6 Å². The number of aromatic amines is 1. The van der Waals surface area contributed by atoms with Crippen LogP contribution in [0.3, 0.4) is 0 Å². The van der Waals surface area contributed by atoms with Crippen molar-refractivity contribution in [1.29, 1.82) is 0 Å². The third-order valence-electron chi connectivity index (χ3n) is 5.72. The van der Waals surface area contributed by atoms with Crippen molar-refractivity contribution in [2.45, 2.75) is 0 Å². The van der Waals surface area contributed by atoms with E-state index < -0.39 is 5.97 Å². The van der Waals surface area contributed by atoms with Gasteiger partial charge in [0.15, 0.2) is 0 Å². The van der Waals surface area contributed by atoms with Gasteiger partial charge < -0.3 is 14.5 Å². The van der Waals surface area contributed by atoms with Crippen LogP contribution in [0.4, 0.5) is 5.95 Å². The van der Waals surface area contributed by atoms with E-state index in [9.17, 15) is 9.59 Å². The Morgan fingerprint density at radius 1 is 0.917 bits per heavy atom. The van der Waals surface area contributed by atoms with Crippen LogP contribution in [-0.2, 0) is 9.53 Å². The van der Waals surface area contributed by atoms with E-state index >= 15 is 0 Å². The summed E-state index contributed by atoms with van der Waals surface area (Å²) in [6.45, 7) is 0.0266. The van der Waals surface area contributed by atoms with Crippen LogP contribution in [0.1, 0.15) is 15.9 Å². The van der Waals surface area contributed by atoms with Crippen molar-refractivity contribution >= 4 is 45.7 Å². The molecular weight excluding hydrogens is 454 g/mol. The second kappa shape index (κ2) is 10.1. The molecule has 5 rings (SSSR count). The number of fused-ring (bicyclic) bond motifs is 2. The fourth-order valence-corrected chi connectivity index (χ4v) is 3.88. The molecule has 0 unspecified atom stereocenters. The van der Waals surface area contributed by atoms with Crippen LogP contribution in [0.2, 0.25) is 0 Å². The van der Waals surface area contributed by atoms with E-state index in [0.717, 1.165) is 27.4 Å². The summed E-state index contributed by atoms with van der Waals surface area (Å²) in [5.74, 6) is 0.244. The molecule has 0 spiro atoms. The lowest BCUT2D eigenvalue weighted by molar-refractivity contribution is -0.113. The third-order valence-corrected chi connectivity index (χ3v) is 5.72. The monoisotopic (exact) mass is 477 g/mol. The molecule has 36 heavy (non-hydrogen) atoms. The van der Waals surface area contributed by atoms with Crippen LogP contribution < -0.4 is 10.1 Å². The van der Waals surface area contributed by atoms with Crippen molar-refractivity contribution in [2.24, 2.45) is 0 Å². The summed E-state index contributed by atoms with van der Waals surface area (Å²) < 4.78 is 10.9. The summed E-state index contributed by atoms with van der Waals surface area (Å²) in [5, 5.41) is 4.84. The van der Waals surface area contributed by atoms with Gasteiger partial charge >= 0.3 is 5.97 Å². The van der Waals surface area contributed by atoms with Gasteiger partial charge in [-0.15, -0.1) is 0 Å². The number of ether oxygens (including phenoxy) is 2. The summed E-state index contributed by atoms with van der Waals surface area (Å²) >= 11 is 0. The molecule has 0 bridgehead atoms. The van der Waals surface area contributed by atoms with Gasteiger partial charge in [-0.3, -0.25) is 10.1 Å². The predicted molar refractivity (Wildman–Crippen MR) is 140 cm³/mol. The van der Waals surface area contributed by atoms with Gasteiger partial charge in [0.25, 0.3) is 5.91 Å². The van der Waals surface area contributed by atoms with Gasteiger partial charge in [-0.1, -0.05) is 60.7 Å². The average molecular weight is 478 g/mol. The van der Waals surface area contributed by atoms with E-state index in [1.165, 1.54) is 7.11 Å². The maximum atomic E-state index is 13.3. The predicted octanol–water partition coefficient (Wildman–Crippen LogP) is 5.60. The number of nitrogens with zero attached hydrogens (tertiary/aromatic N) is 1. The number of amides is 1. The smallest absolute Gasteiger partial charge is 0.337 e. The minimum absolute atomic E-state index is 0.0266. The number of methoxy groups -OCH3 is 1. The van der Waals surface area contributed by atoms with Gasteiger partial charge in [-0.25, -0.2) is 9.78 Å². The first-order valence-corrected chi connectivity index (χ1v) is 11.4. The summed E-state index contributed by atoms with van der Waals surface area (Å²) in [4.78, 5) is 32.6. The van der Waals surface area contributed by atoms with E-state index in [4.69, 9.17) is 9.47 Å². The number of benzene rings is 4. The minimum Gasteiger partial charge on any atom is -0.488 e. The summed E-state index contributed by atoms with van der Waals surface area (Å²) in [6.07, 6.45) is 1.73. The summed E-state index contributed by atoms with van der Waals surface area (Å²) in [6, 6.07) is 28.0. The number of anilines is 1. The molecule has 0 radical (unpaired) electrons. The Morgan fingerprint density at radius 2 is 1.67 bits per heavy atom. The largest absolute Gasteiger partial charge is 0.488 e. The van der Waals surface area contributed by atoms with E-state index in [-0.39, 0.29) is 12.5 Å². The number of rotatable bonds is 7. The zero-order valence-corrected chi connectivity index (χ0v) is 19.5. The number of carbonyl (C=O) groups is 2. The number of imidazole rings is 1. The van der Waals surface area contributed by atoms with Crippen molar-refractivity contribution in [2.75, 3.05) is 19.0 Å². The molecule has 178 valence electrons. The Bertz CT molecular complexity index is 1550. The first kappa shape index (κ1) is 22.9. The highest BCUT2D eigenvalue weighted by Gasteiger charge is 2.15. The maximum absolute atomic E-state index is 13.3. The number of hydrogen-bond acceptors (Lipinski definition) is 5. The van der Waals surface area contributed by atoms with Crippen LogP contribution >= 0.6 is 0 Å². The number of esters is 1. The molecule has 7 heteroatoms. The van der Waals surface area contributed by atoms with Crippen LogP contribution in [0, 0.1) is 0 Å². The maximum Gasteiger partial charge on any atom is 0.337 e. The SMILES string of the molecule is COC(=O)c1ccc(C=C(COc2cccc3ccccc23)C(=O)Nc2nc3ccccc3[nH]2)cc1. The molecule has 1 heterocycles. The summed E-state index contributed by atoms with van der Waals surface area (Å²) in [7, 11) is 1.33. The molecule has 7 nitrogen and oxygen atoms in total.